The van der Waals surface area contributed by atoms with E-state index in [-0.39, 0.29) is 11.3 Å². The van der Waals surface area contributed by atoms with Gasteiger partial charge in [-0.05, 0) is 0 Å². The number of carbonyl (C=O) groups is 2. The quantitative estimate of drug-likeness (QED) is 0.495. The Morgan fingerprint density at radius 3 is 2.17 bits per heavy atom. The molecule has 118 valence electrons. The summed E-state index contributed by atoms with van der Waals surface area (Å²) < 4.78 is 1.30. The van der Waals surface area contributed by atoms with Gasteiger partial charge in [0.05, 0.1) is 0 Å². The van der Waals surface area contributed by atoms with Crippen LogP contribution in [0.5, 0.6) is 0 Å². The van der Waals surface area contributed by atoms with Crippen molar-refractivity contribution in [3.8, 4) is 0 Å². The van der Waals surface area contributed by atoms with Crippen LogP contribution in [-0.4, -0.2) is 30.1 Å². The van der Waals surface area contributed by atoms with Crippen molar-refractivity contribution < 1.29 is 14.7 Å². The molecule has 4 heteroatoms. The SMILES string of the molecule is [CH3][Ge]([CH3])([CH3])[c]1cccc(C(=O)/C=C/c2ccc(C(=O)O)cc2)c1. The minimum absolute atomic E-state index is 0.0409. The molecule has 0 atom stereocenters. The molecule has 0 saturated carbocycles. The van der Waals surface area contributed by atoms with Crippen molar-refractivity contribution in [2.45, 2.75) is 17.3 Å². The summed E-state index contributed by atoms with van der Waals surface area (Å²) in [6.45, 7) is 0. The molecule has 0 bridgehead atoms. The second kappa shape index (κ2) is 6.96. The van der Waals surface area contributed by atoms with Gasteiger partial charge >= 0.3 is 139 Å². The molecular weight excluding hydrogens is 349 g/mol. The zero-order chi connectivity index (χ0) is 17.0. The molecule has 2 aromatic carbocycles. The number of rotatable bonds is 5. The molecule has 0 aliphatic carbocycles. The average molecular weight is 369 g/mol. The average Bonchev–Trinajstić information content (AvgIpc) is 2.52. The first kappa shape index (κ1) is 17.2. The van der Waals surface area contributed by atoms with Crippen LogP contribution < -0.4 is 4.40 Å². The number of ketones is 1. The topological polar surface area (TPSA) is 54.4 Å². The van der Waals surface area contributed by atoms with Gasteiger partial charge in [0.25, 0.3) is 0 Å². The van der Waals surface area contributed by atoms with E-state index in [2.05, 4.69) is 23.3 Å². The molecule has 0 heterocycles. The molecule has 0 aliphatic heterocycles. The van der Waals surface area contributed by atoms with Gasteiger partial charge in [-0.15, -0.1) is 0 Å². The third-order valence-corrected chi connectivity index (χ3v) is 7.88. The number of hydrogen-bond donors (Lipinski definition) is 1. The number of benzene rings is 2. The van der Waals surface area contributed by atoms with Gasteiger partial charge < -0.3 is 0 Å². The van der Waals surface area contributed by atoms with Crippen LogP contribution in [0.4, 0.5) is 0 Å². The number of carboxylic acids is 1. The van der Waals surface area contributed by atoms with E-state index in [0.29, 0.717) is 5.56 Å². The van der Waals surface area contributed by atoms with Crippen molar-refractivity contribution in [3.63, 3.8) is 0 Å². The number of carbonyl (C=O) groups excluding carboxylic acids is 1. The van der Waals surface area contributed by atoms with Gasteiger partial charge in [0, 0.05) is 0 Å². The molecule has 0 radical (unpaired) electrons. The van der Waals surface area contributed by atoms with Gasteiger partial charge in [-0.1, -0.05) is 0 Å². The molecule has 0 saturated heterocycles. The number of hydrogen-bond acceptors (Lipinski definition) is 2. The van der Waals surface area contributed by atoms with Crippen LogP contribution in [-0.2, 0) is 0 Å². The molecular formula is C19H20GeO3. The Morgan fingerprint density at radius 1 is 0.957 bits per heavy atom. The molecule has 23 heavy (non-hydrogen) atoms. The standard InChI is InChI=1S/C19H20GeO3/c1-20(2,3)17-6-4-5-16(13-17)18(21)12-9-14-7-10-15(11-8-14)19(22)23/h4-13H,1-3H3,(H,22,23)/b12-9+. The number of aromatic carboxylic acids is 1. The van der Waals surface area contributed by atoms with Crippen LogP contribution in [0.2, 0.25) is 17.3 Å². The molecule has 0 aromatic heterocycles. The molecule has 0 fully saturated rings. The van der Waals surface area contributed by atoms with Gasteiger partial charge in [0.1, 0.15) is 0 Å². The Morgan fingerprint density at radius 2 is 1.61 bits per heavy atom. The molecule has 2 aromatic rings. The van der Waals surface area contributed by atoms with E-state index in [1.165, 1.54) is 22.6 Å². The summed E-state index contributed by atoms with van der Waals surface area (Å²) >= 11 is -1.95. The Labute approximate surface area is 139 Å². The molecule has 0 spiro atoms. The Kier molecular flexibility index (Phi) is 5.21. The second-order valence-corrected chi connectivity index (χ2v) is 17.1. The molecule has 1 N–H and O–H groups in total. The third-order valence-electron chi connectivity index (χ3n) is 3.60. The predicted octanol–water partition coefficient (Wildman–Crippen LogP) is 3.83. The van der Waals surface area contributed by atoms with Gasteiger partial charge in [0.15, 0.2) is 0 Å². The first-order chi connectivity index (χ1) is 10.8. The van der Waals surface area contributed by atoms with E-state index in [1.54, 1.807) is 18.2 Å². The fourth-order valence-corrected chi connectivity index (χ4v) is 4.63. The molecule has 0 aliphatic rings. The summed E-state index contributed by atoms with van der Waals surface area (Å²) in [6, 6.07) is 14.3. The van der Waals surface area contributed by atoms with Crippen molar-refractivity contribution in [2.75, 3.05) is 0 Å². The van der Waals surface area contributed by atoms with Crippen LogP contribution >= 0.6 is 0 Å². The maximum absolute atomic E-state index is 12.3. The fraction of sp³-hybridized carbons (Fsp3) is 0.158. The number of allylic oxidation sites excluding steroid dienone is 1. The third kappa shape index (κ3) is 4.66. The van der Waals surface area contributed by atoms with Gasteiger partial charge in [-0.3, -0.25) is 0 Å². The minimum atomic E-state index is -1.95. The second-order valence-electron chi connectivity index (χ2n) is 6.46. The molecule has 3 nitrogen and oxygen atoms in total. The molecule has 2 rings (SSSR count). The number of carboxylic acid groups (broad SMARTS) is 1. The maximum atomic E-state index is 12.3. The van der Waals surface area contributed by atoms with E-state index in [0.717, 1.165) is 5.56 Å². The van der Waals surface area contributed by atoms with Crippen molar-refractivity contribution in [2.24, 2.45) is 0 Å². The first-order valence-electron chi connectivity index (χ1n) is 7.44. The van der Waals surface area contributed by atoms with Crippen molar-refractivity contribution in [1.82, 2.24) is 0 Å². The Bertz CT molecular complexity index is 753. The fourth-order valence-electron chi connectivity index (χ4n) is 2.14. The van der Waals surface area contributed by atoms with Crippen LogP contribution in [0.15, 0.2) is 54.6 Å². The summed E-state index contributed by atoms with van der Waals surface area (Å²) in [7, 11) is 0. The zero-order valence-electron chi connectivity index (χ0n) is 13.5. The van der Waals surface area contributed by atoms with E-state index >= 15 is 0 Å². The summed E-state index contributed by atoms with van der Waals surface area (Å²) in [4.78, 5) is 23.1. The Balaban J connectivity index is 2.17. The molecule has 0 unspecified atom stereocenters. The summed E-state index contributed by atoms with van der Waals surface area (Å²) in [6.07, 6.45) is 3.24. The van der Waals surface area contributed by atoms with Crippen molar-refractivity contribution in [3.05, 3.63) is 71.3 Å². The van der Waals surface area contributed by atoms with E-state index in [1.807, 2.05) is 18.2 Å². The first-order valence-corrected chi connectivity index (χ1v) is 14.8. The van der Waals surface area contributed by atoms with Crippen molar-refractivity contribution in [1.29, 1.82) is 0 Å². The van der Waals surface area contributed by atoms with Crippen LogP contribution in [0.3, 0.4) is 0 Å². The zero-order valence-corrected chi connectivity index (χ0v) is 15.6. The van der Waals surface area contributed by atoms with Crippen LogP contribution in [0.25, 0.3) is 6.08 Å². The van der Waals surface area contributed by atoms with Crippen LogP contribution in [0, 0.1) is 0 Å². The van der Waals surface area contributed by atoms with E-state index < -0.39 is 19.2 Å². The van der Waals surface area contributed by atoms with Crippen LogP contribution in [0.1, 0.15) is 26.3 Å². The summed E-state index contributed by atoms with van der Waals surface area (Å²) in [5.41, 5.74) is 1.73. The van der Waals surface area contributed by atoms with Crippen molar-refractivity contribution >= 4 is 35.5 Å². The van der Waals surface area contributed by atoms with E-state index in [9.17, 15) is 9.59 Å². The van der Waals surface area contributed by atoms with E-state index in [4.69, 9.17) is 5.11 Å². The summed E-state index contributed by atoms with van der Waals surface area (Å²) in [5.74, 6) is 5.89. The van der Waals surface area contributed by atoms with Gasteiger partial charge in [-0.25, -0.2) is 0 Å². The predicted molar refractivity (Wildman–Crippen MR) is 96.2 cm³/mol. The Hall–Kier alpha value is -2.14. The molecule has 0 amide bonds. The van der Waals surface area contributed by atoms with Gasteiger partial charge in [-0.2, -0.15) is 0 Å². The normalized spacial score (nSPS) is 11.6. The monoisotopic (exact) mass is 370 g/mol. The van der Waals surface area contributed by atoms with Gasteiger partial charge in [0.2, 0.25) is 0 Å². The summed E-state index contributed by atoms with van der Waals surface area (Å²) in [5, 5.41) is 8.87.